The van der Waals surface area contributed by atoms with E-state index < -0.39 is 6.09 Å². The number of hydrogen-bond acceptors (Lipinski definition) is 3. The number of rotatable bonds is 2. The fourth-order valence-electron chi connectivity index (χ4n) is 1.12. The Morgan fingerprint density at radius 3 is 3.08 bits per heavy atom. The highest BCUT2D eigenvalue weighted by molar-refractivity contribution is 5.92. The average Bonchev–Trinajstić information content (AvgIpc) is 2.03. The average molecular weight is 169 g/mol. The van der Waals surface area contributed by atoms with Crippen molar-refractivity contribution in [1.82, 2.24) is 0 Å². The number of amides is 1. The summed E-state index contributed by atoms with van der Waals surface area (Å²) in [5.74, 6) is -0.176. The summed E-state index contributed by atoms with van der Waals surface area (Å²) >= 11 is 0. The number of hydrogen-bond donors (Lipinski definition) is 1. The number of primary amides is 1. The Balaban J connectivity index is 2.37. The summed E-state index contributed by atoms with van der Waals surface area (Å²) in [6.45, 7) is 0.110. The Bertz CT molecular complexity index is 222. The highest BCUT2D eigenvalue weighted by Crippen LogP contribution is 2.14. The van der Waals surface area contributed by atoms with E-state index in [-0.39, 0.29) is 18.3 Å². The number of nitrogens with two attached hydrogens (primary N) is 1. The molecule has 1 unspecified atom stereocenters. The number of carbonyl (C=O) groups excluding carboxylic acids is 2. The maximum absolute atomic E-state index is 11.1. The van der Waals surface area contributed by atoms with Gasteiger partial charge in [0.05, 0.1) is 5.92 Å². The van der Waals surface area contributed by atoms with Crippen molar-refractivity contribution in [3.8, 4) is 0 Å². The number of ether oxygens (including phenoxy) is 1. The minimum absolute atomic E-state index is 0.0162. The first kappa shape index (κ1) is 8.77. The molecule has 1 aliphatic rings. The molecule has 0 bridgehead atoms. The second-order valence-electron chi connectivity index (χ2n) is 2.71. The molecule has 0 fully saturated rings. The van der Waals surface area contributed by atoms with Crippen molar-refractivity contribution in [1.29, 1.82) is 0 Å². The van der Waals surface area contributed by atoms with Gasteiger partial charge in [-0.15, -0.1) is 0 Å². The maximum Gasteiger partial charge on any atom is 0.404 e. The fourth-order valence-corrected chi connectivity index (χ4v) is 1.12. The monoisotopic (exact) mass is 169 g/mol. The molecule has 2 N–H and O–H groups in total. The van der Waals surface area contributed by atoms with Gasteiger partial charge < -0.3 is 10.5 Å². The van der Waals surface area contributed by atoms with E-state index in [1.165, 1.54) is 6.08 Å². The number of carbonyl (C=O) groups is 2. The topological polar surface area (TPSA) is 69.4 Å². The maximum atomic E-state index is 11.1. The molecule has 0 saturated carbocycles. The third-order valence-corrected chi connectivity index (χ3v) is 1.79. The Kier molecular flexibility index (Phi) is 2.85. The number of allylic oxidation sites excluding steroid dienone is 2. The third-order valence-electron chi connectivity index (χ3n) is 1.79. The van der Waals surface area contributed by atoms with Crippen LogP contribution in [0.25, 0.3) is 0 Å². The summed E-state index contributed by atoms with van der Waals surface area (Å²) in [6.07, 6.45) is 4.13. The summed E-state index contributed by atoms with van der Waals surface area (Å²) in [5.41, 5.74) is 4.76. The lowest BCUT2D eigenvalue weighted by atomic mass is 9.94. The highest BCUT2D eigenvalue weighted by Gasteiger charge is 2.19. The Morgan fingerprint density at radius 2 is 2.50 bits per heavy atom. The molecule has 0 spiro atoms. The van der Waals surface area contributed by atoms with E-state index in [0.29, 0.717) is 0 Å². The van der Waals surface area contributed by atoms with Gasteiger partial charge in [-0.3, -0.25) is 4.79 Å². The molecule has 1 atom stereocenters. The molecule has 0 radical (unpaired) electrons. The summed E-state index contributed by atoms with van der Waals surface area (Å²) in [4.78, 5) is 21.3. The van der Waals surface area contributed by atoms with Crippen LogP contribution >= 0.6 is 0 Å². The first-order chi connectivity index (χ1) is 5.70. The van der Waals surface area contributed by atoms with E-state index in [9.17, 15) is 9.59 Å². The predicted molar refractivity (Wildman–Crippen MR) is 42.4 cm³/mol. The predicted octanol–water partition coefficient (Wildman–Crippen LogP) is 0.617. The van der Waals surface area contributed by atoms with Crippen LogP contribution < -0.4 is 5.73 Å². The van der Waals surface area contributed by atoms with Crippen LogP contribution in [0, 0.1) is 5.92 Å². The van der Waals surface area contributed by atoms with Crippen LogP contribution in [-0.2, 0) is 9.53 Å². The minimum atomic E-state index is -0.822. The van der Waals surface area contributed by atoms with Crippen LogP contribution in [0.15, 0.2) is 12.2 Å². The van der Waals surface area contributed by atoms with Crippen molar-refractivity contribution < 1.29 is 14.3 Å². The molecule has 66 valence electrons. The quantitative estimate of drug-likeness (QED) is 0.658. The van der Waals surface area contributed by atoms with Crippen molar-refractivity contribution in [3.63, 3.8) is 0 Å². The van der Waals surface area contributed by atoms with Gasteiger partial charge in [0.25, 0.3) is 0 Å². The zero-order valence-corrected chi connectivity index (χ0v) is 6.66. The van der Waals surface area contributed by atoms with Gasteiger partial charge >= 0.3 is 6.09 Å². The second kappa shape index (κ2) is 3.90. The van der Waals surface area contributed by atoms with E-state index in [2.05, 4.69) is 4.74 Å². The molecule has 0 saturated heterocycles. The summed E-state index contributed by atoms with van der Waals surface area (Å²) in [7, 11) is 0. The molecular formula is C8H11NO3. The van der Waals surface area contributed by atoms with Crippen molar-refractivity contribution >= 4 is 11.9 Å². The van der Waals surface area contributed by atoms with Gasteiger partial charge in [-0.25, -0.2) is 4.79 Å². The van der Waals surface area contributed by atoms with Gasteiger partial charge in [0.2, 0.25) is 0 Å². The SMILES string of the molecule is NC(=O)OCC1CCC=CC1=O. The van der Waals surface area contributed by atoms with Crippen LogP contribution in [-0.4, -0.2) is 18.5 Å². The van der Waals surface area contributed by atoms with Crippen LogP contribution in [0.2, 0.25) is 0 Å². The molecule has 0 aromatic rings. The first-order valence-electron chi connectivity index (χ1n) is 3.83. The fraction of sp³-hybridized carbons (Fsp3) is 0.500. The van der Waals surface area contributed by atoms with Crippen LogP contribution in [0.3, 0.4) is 0 Å². The van der Waals surface area contributed by atoms with E-state index in [1.54, 1.807) is 0 Å². The van der Waals surface area contributed by atoms with Gasteiger partial charge in [0, 0.05) is 0 Å². The van der Waals surface area contributed by atoms with Crippen molar-refractivity contribution in [2.45, 2.75) is 12.8 Å². The van der Waals surface area contributed by atoms with Gasteiger partial charge in [-0.05, 0) is 18.9 Å². The molecule has 0 aromatic carbocycles. The van der Waals surface area contributed by atoms with E-state index in [4.69, 9.17) is 5.73 Å². The normalized spacial score (nSPS) is 22.3. The molecule has 1 amide bonds. The molecule has 4 heteroatoms. The molecule has 1 aliphatic carbocycles. The van der Waals surface area contributed by atoms with E-state index >= 15 is 0 Å². The lowest BCUT2D eigenvalue weighted by Crippen LogP contribution is -2.24. The summed E-state index contributed by atoms with van der Waals surface area (Å²) in [6, 6.07) is 0. The highest BCUT2D eigenvalue weighted by atomic mass is 16.5. The van der Waals surface area contributed by atoms with E-state index in [1.807, 2.05) is 6.08 Å². The van der Waals surface area contributed by atoms with Gasteiger partial charge in [-0.2, -0.15) is 0 Å². The zero-order chi connectivity index (χ0) is 8.97. The van der Waals surface area contributed by atoms with Crippen LogP contribution in [0.5, 0.6) is 0 Å². The second-order valence-corrected chi connectivity index (χ2v) is 2.71. The molecule has 1 rings (SSSR count). The zero-order valence-electron chi connectivity index (χ0n) is 6.66. The van der Waals surface area contributed by atoms with Gasteiger partial charge in [0.15, 0.2) is 5.78 Å². The smallest absolute Gasteiger partial charge is 0.404 e. The van der Waals surface area contributed by atoms with Gasteiger partial charge in [-0.1, -0.05) is 6.08 Å². The van der Waals surface area contributed by atoms with Crippen LogP contribution in [0.1, 0.15) is 12.8 Å². The van der Waals surface area contributed by atoms with Crippen molar-refractivity contribution in [2.24, 2.45) is 11.7 Å². The van der Waals surface area contributed by atoms with Crippen LogP contribution in [0.4, 0.5) is 4.79 Å². The molecule has 0 heterocycles. The summed E-state index contributed by atoms with van der Waals surface area (Å²) in [5, 5.41) is 0. The van der Waals surface area contributed by atoms with E-state index in [0.717, 1.165) is 12.8 Å². The molecule has 12 heavy (non-hydrogen) atoms. The first-order valence-corrected chi connectivity index (χ1v) is 3.83. The lowest BCUT2D eigenvalue weighted by Gasteiger charge is -2.15. The Morgan fingerprint density at radius 1 is 1.75 bits per heavy atom. The number of ketones is 1. The lowest BCUT2D eigenvalue weighted by molar-refractivity contribution is -0.119. The van der Waals surface area contributed by atoms with Gasteiger partial charge in [0.1, 0.15) is 6.61 Å². The molecule has 4 nitrogen and oxygen atoms in total. The molecule has 0 aromatic heterocycles. The van der Waals surface area contributed by atoms with Crippen molar-refractivity contribution in [2.75, 3.05) is 6.61 Å². The third kappa shape index (κ3) is 2.38. The Hall–Kier alpha value is -1.32. The largest absolute Gasteiger partial charge is 0.449 e. The summed E-state index contributed by atoms with van der Waals surface area (Å²) < 4.78 is 4.54. The molecular weight excluding hydrogens is 158 g/mol. The standard InChI is InChI=1S/C8H11NO3/c9-8(11)12-5-6-3-1-2-4-7(6)10/h2,4,6H,1,3,5H2,(H2,9,11). The minimum Gasteiger partial charge on any atom is -0.449 e. The Labute approximate surface area is 70.4 Å². The molecule has 0 aliphatic heterocycles. The van der Waals surface area contributed by atoms with Crippen molar-refractivity contribution in [3.05, 3.63) is 12.2 Å².